The number of nitriles is 1. The zero-order valence-corrected chi connectivity index (χ0v) is 26.9. The van der Waals surface area contributed by atoms with E-state index in [2.05, 4.69) is 33.5 Å². The molecule has 2 aromatic carbocycles. The number of carbonyl (C=O) groups is 1. The number of nitrogens with zero attached hydrogens (tertiary/aromatic N) is 4. The number of alkyl halides is 1. The van der Waals surface area contributed by atoms with Crippen LogP contribution in [-0.4, -0.2) is 81.1 Å². The Morgan fingerprint density at radius 3 is 2.73 bits per heavy atom. The van der Waals surface area contributed by atoms with Crippen LogP contribution in [0.1, 0.15) is 57.6 Å². The molecule has 2 aromatic rings. The number of halogens is 2. The average Bonchev–Trinajstić information content (AvgIpc) is 2.98. The van der Waals surface area contributed by atoms with Gasteiger partial charge in [0.15, 0.2) is 0 Å². The van der Waals surface area contributed by atoms with Crippen LogP contribution in [0, 0.1) is 17.2 Å². The van der Waals surface area contributed by atoms with E-state index in [1.165, 1.54) is 0 Å². The van der Waals surface area contributed by atoms with Crippen molar-refractivity contribution >= 4 is 40.8 Å². The number of fused-ring (bicyclic) bond motifs is 1. The van der Waals surface area contributed by atoms with Crippen molar-refractivity contribution in [2.75, 3.05) is 57.6 Å². The van der Waals surface area contributed by atoms with E-state index in [4.69, 9.17) is 21.1 Å². The van der Waals surface area contributed by atoms with E-state index >= 15 is 0 Å². The lowest BCUT2D eigenvalue weighted by atomic mass is 9.90. The minimum atomic E-state index is -0.787. The molecule has 44 heavy (non-hydrogen) atoms. The molecule has 4 unspecified atom stereocenters. The van der Waals surface area contributed by atoms with Gasteiger partial charge in [0.1, 0.15) is 30.2 Å². The number of hydrogen-bond donors (Lipinski definition) is 2. The summed E-state index contributed by atoms with van der Waals surface area (Å²) in [6.07, 6.45) is 4.20. The maximum Gasteiger partial charge on any atom is 0.224 e. The van der Waals surface area contributed by atoms with Crippen molar-refractivity contribution in [3.05, 3.63) is 40.9 Å². The maximum absolute atomic E-state index is 14.0. The molecule has 4 atom stereocenters. The third-order valence-corrected chi connectivity index (χ3v) is 8.18. The number of anilines is 2. The number of piperidine rings is 1. The molecule has 4 rings (SSSR count). The van der Waals surface area contributed by atoms with E-state index in [0.29, 0.717) is 66.2 Å². The van der Waals surface area contributed by atoms with Gasteiger partial charge in [-0.3, -0.25) is 14.7 Å². The molecule has 0 aliphatic carbocycles. The molecule has 11 heteroatoms. The van der Waals surface area contributed by atoms with Crippen LogP contribution >= 0.6 is 11.6 Å². The third-order valence-electron chi connectivity index (χ3n) is 7.89. The van der Waals surface area contributed by atoms with Crippen molar-refractivity contribution in [3.63, 3.8) is 0 Å². The summed E-state index contributed by atoms with van der Waals surface area (Å²) in [6, 6.07) is 11.1. The lowest BCUT2D eigenvalue weighted by molar-refractivity contribution is -0.116. The van der Waals surface area contributed by atoms with Gasteiger partial charge in [0, 0.05) is 42.5 Å². The number of aliphatic imine (C=N–C) groups is 1. The Hall–Kier alpha value is -3.39. The molecule has 9 nitrogen and oxygen atoms in total. The maximum atomic E-state index is 14.0. The third kappa shape index (κ3) is 8.84. The smallest absolute Gasteiger partial charge is 0.224 e. The largest absolute Gasteiger partial charge is 0.492 e. The normalized spacial score (nSPS) is 21.4. The number of likely N-dealkylation sites (tertiary alicyclic amines) is 1. The van der Waals surface area contributed by atoms with E-state index in [1.54, 1.807) is 18.3 Å². The van der Waals surface area contributed by atoms with E-state index in [0.717, 1.165) is 37.9 Å². The number of amides is 1. The van der Waals surface area contributed by atoms with Gasteiger partial charge in [-0.2, -0.15) is 5.26 Å². The van der Waals surface area contributed by atoms with Crippen LogP contribution in [0.4, 0.5) is 21.5 Å². The summed E-state index contributed by atoms with van der Waals surface area (Å²) in [5, 5.41) is 16.9. The van der Waals surface area contributed by atoms with Gasteiger partial charge in [0.05, 0.1) is 35.1 Å². The average molecular weight is 627 g/mol. The summed E-state index contributed by atoms with van der Waals surface area (Å²) in [5.74, 6) is 0.417. The standard InChI is InChI=1S/C33H44ClFN6O3/c1-5-13-41-20-23(35)9-11-25(41)21-44-30-12-10-24(15-27(30)34)38-33-22(18-36)19-37-28-17-31(43-6-2)29(16-26(28)33)39-32(42)8-7-14-40(3)4/h10,12,15-17,19,22-23,25,33,38H,5-9,11,13-14,20-21H2,1-4H3,(H,39,42). The highest BCUT2D eigenvalue weighted by Gasteiger charge is 2.30. The van der Waals surface area contributed by atoms with Gasteiger partial charge in [-0.05, 0) is 84.1 Å². The second kappa shape index (κ2) is 16.1. The SMILES string of the molecule is CCCN1CC(F)CCC1COc1ccc(NC2c3cc(NC(=O)CCCN(C)C)c(OCC)cc3N=CC2C#N)cc1Cl. The highest BCUT2D eigenvalue weighted by atomic mass is 35.5. The molecule has 238 valence electrons. The Bertz CT molecular complexity index is 1350. The van der Waals surface area contributed by atoms with Gasteiger partial charge in [0.2, 0.25) is 5.91 Å². The van der Waals surface area contributed by atoms with Crippen molar-refractivity contribution in [1.82, 2.24) is 9.80 Å². The predicted molar refractivity (Wildman–Crippen MR) is 174 cm³/mol. The molecule has 0 spiro atoms. The molecule has 0 radical (unpaired) electrons. The molecule has 1 saturated heterocycles. The van der Waals surface area contributed by atoms with Crippen LogP contribution in [0.2, 0.25) is 5.02 Å². The number of rotatable bonds is 14. The second-order valence-electron chi connectivity index (χ2n) is 11.6. The first kappa shape index (κ1) is 33.5. The Kier molecular flexibility index (Phi) is 12.2. The van der Waals surface area contributed by atoms with Crippen molar-refractivity contribution < 1.29 is 18.7 Å². The van der Waals surface area contributed by atoms with Gasteiger partial charge in [-0.25, -0.2) is 4.39 Å². The van der Waals surface area contributed by atoms with Gasteiger partial charge in [-0.15, -0.1) is 0 Å². The summed E-state index contributed by atoms with van der Waals surface area (Å²) in [7, 11) is 3.95. The molecule has 2 heterocycles. The van der Waals surface area contributed by atoms with E-state index in [9.17, 15) is 14.4 Å². The van der Waals surface area contributed by atoms with Crippen LogP contribution in [0.25, 0.3) is 0 Å². The number of carbonyl (C=O) groups excluding carboxylic acids is 1. The van der Waals surface area contributed by atoms with Gasteiger partial charge < -0.3 is 25.0 Å². The first-order valence-corrected chi connectivity index (χ1v) is 15.9. The van der Waals surface area contributed by atoms with Crippen molar-refractivity contribution in [3.8, 4) is 17.6 Å². The fraction of sp³-hybridized carbons (Fsp3) is 0.545. The highest BCUT2D eigenvalue weighted by molar-refractivity contribution is 6.32. The van der Waals surface area contributed by atoms with Gasteiger partial charge in [-0.1, -0.05) is 18.5 Å². The van der Waals surface area contributed by atoms with Crippen LogP contribution in [0.5, 0.6) is 11.5 Å². The molecule has 2 aliphatic heterocycles. The number of ether oxygens (including phenoxy) is 2. The van der Waals surface area contributed by atoms with Gasteiger partial charge >= 0.3 is 0 Å². The lowest BCUT2D eigenvalue weighted by Crippen LogP contribution is -2.47. The minimum Gasteiger partial charge on any atom is -0.492 e. The number of benzene rings is 2. The summed E-state index contributed by atoms with van der Waals surface area (Å²) >= 11 is 6.66. The monoisotopic (exact) mass is 626 g/mol. The fourth-order valence-electron chi connectivity index (χ4n) is 5.68. The van der Waals surface area contributed by atoms with E-state index in [-0.39, 0.29) is 11.9 Å². The summed E-state index contributed by atoms with van der Waals surface area (Å²) in [6.45, 7) is 6.93. The van der Waals surface area contributed by atoms with E-state index < -0.39 is 18.1 Å². The number of nitrogens with one attached hydrogen (secondary N) is 2. The quantitative estimate of drug-likeness (QED) is 0.243. The summed E-state index contributed by atoms with van der Waals surface area (Å²) in [5.41, 5.74) is 2.68. The molecular formula is C33H44ClFN6O3. The van der Waals surface area contributed by atoms with Crippen LogP contribution < -0.4 is 20.1 Å². The summed E-state index contributed by atoms with van der Waals surface area (Å²) in [4.78, 5) is 21.5. The fourth-order valence-corrected chi connectivity index (χ4v) is 5.91. The first-order chi connectivity index (χ1) is 21.2. The van der Waals surface area contributed by atoms with Crippen molar-refractivity contribution in [1.29, 1.82) is 5.26 Å². The lowest BCUT2D eigenvalue weighted by Gasteiger charge is -2.36. The molecule has 2 N–H and O–H groups in total. The number of hydrogen-bond acceptors (Lipinski definition) is 8. The second-order valence-corrected chi connectivity index (χ2v) is 12.0. The molecule has 1 fully saturated rings. The van der Waals surface area contributed by atoms with Crippen molar-refractivity contribution in [2.24, 2.45) is 10.9 Å². The minimum absolute atomic E-state index is 0.105. The van der Waals surface area contributed by atoms with Crippen LogP contribution in [0.15, 0.2) is 35.3 Å². The topological polar surface area (TPSA) is 102 Å². The Labute approximate surface area is 265 Å². The predicted octanol–water partition coefficient (Wildman–Crippen LogP) is 6.62. The molecule has 1 amide bonds. The zero-order chi connectivity index (χ0) is 31.6. The highest BCUT2D eigenvalue weighted by Crippen LogP contribution is 2.43. The van der Waals surface area contributed by atoms with Crippen LogP contribution in [0.3, 0.4) is 0 Å². The molecule has 0 aromatic heterocycles. The Morgan fingerprint density at radius 1 is 1.20 bits per heavy atom. The Balaban J connectivity index is 1.51. The molecule has 2 aliphatic rings. The summed E-state index contributed by atoms with van der Waals surface area (Å²) < 4.78 is 25.9. The van der Waals surface area contributed by atoms with Gasteiger partial charge in [0.25, 0.3) is 0 Å². The molecule has 0 saturated carbocycles. The molecule has 0 bridgehead atoms. The zero-order valence-electron chi connectivity index (χ0n) is 26.1. The first-order valence-electron chi connectivity index (χ1n) is 15.5. The molecular weight excluding hydrogens is 583 g/mol. The van der Waals surface area contributed by atoms with Crippen molar-refractivity contribution in [2.45, 2.75) is 64.2 Å². The Morgan fingerprint density at radius 2 is 2.02 bits per heavy atom. The van der Waals surface area contributed by atoms with Crippen LogP contribution in [-0.2, 0) is 4.79 Å². The van der Waals surface area contributed by atoms with E-state index in [1.807, 2.05) is 44.1 Å².